The normalized spacial score (nSPS) is 11.3. The van der Waals surface area contributed by atoms with E-state index in [0.717, 1.165) is 30.2 Å². The highest BCUT2D eigenvalue weighted by molar-refractivity contribution is 5.48. The Morgan fingerprint density at radius 1 is 1.13 bits per heavy atom. The number of rotatable bonds is 5. The molecule has 0 amide bonds. The fourth-order valence-corrected chi connectivity index (χ4v) is 2.89. The average molecular weight is 310 g/mol. The van der Waals surface area contributed by atoms with E-state index in [1.54, 1.807) is 0 Å². The highest BCUT2D eigenvalue weighted by Crippen LogP contribution is 2.22. The summed E-state index contributed by atoms with van der Waals surface area (Å²) in [6, 6.07) is 8.33. The molecule has 0 atom stereocenters. The Morgan fingerprint density at radius 3 is 2.61 bits per heavy atom. The minimum atomic E-state index is 0.753. The summed E-state index contributed by atoms with van der Waals surface area (Å²) in [5.74, 6) is 0.845. The monoisotopic (exact) mass is 310 g/mol. The summed E-state index contributed by atoms with van der Waals surface area (Å²) in [6.07, 6.45) is 3.79. The van der Waals surface area contributed by atoms with Gasteiger partial charge in [-0.1, -0.05) is 11.2 Å². The second-order valence-corrected chi connectivity index (χ2v) is 6.13. The van der Waals surface area contributed by atoms with Crippen LogP contribution in [-0.4, -0.2) is 26.9 Å². The van der Waals surface area contributed by atoms with E-state index in [2.05, 4.69) is 48.2 Å². The maximum atomic E-state index is 5.15. The lowest BCUT2D eigenvalue weighted by Gasteiger charge is -2.20. The van der Waals surface area contributed by atoms with Gasteiger partial charge in [0.05, 0.1) is 11.4 Å². The summed E-state index contributed by atoms with van der Waals surface area (Å²) in [5, 5.41) is 8.47. The van der Waals surface area contributed by atoms with Crippen molar-refractivity contribution in [2.24, 2.45) is 0 Å². The zero-order valence-electron chi connectivity index (χ0n) is 14.1. The van der Waals surface area contributed by atoms with Crippen molar-refractivity contribution in [1.29, 1.82) is 0 Å². The third kappa shape index (κ3) is 3.51. The summed E-state index contributed by atoms with van der Waals surface area (Å²) in [7, 11) is 2.09. The zero-order chi connectivity index (χ0) is 16.4. The summed E-state index contributed by atoms with van der Waals surface area (Å²) in [6.45, 7) is 7.77. The van der Waals surface area contributed by atoms with Crippen LogP contribution in [0.1, 0.15) is 28.1 Å². The van der Waals surface area contributed by atoms with Crippen LogP contribution in [0.15, 0.2) is 41.2 Å². The molecule has 0 spiro atoms. The maximum absolute atomic E-state index is 5.15. The molecular weight excluding hydrogens is 288 g/mol. The molecule has 3 aromatic rings. The van der Waals surface area contributed by atoms with E-state index in [9.17, 15) is 0 Å². The molecule has 23 heavy (non-hydrogen) atoms. The van der Waals surface area contributed by atoms with E-state index in [1.165, 1.54) is 16.7 Å². The fourth-order valence-electron chi connectivity index (χ4n) is 2.89. The van der Waals surface area contributed by atoms with Crippen molar-refractivity contribution < 1.29 is 4.52 Å². The summed E-state index contributed by atoms with van der Waals surface area (Å²) >= 11 is 0. The minimum absolute atomic E-state index is 0.753. The summed E-state index contributed by atoms with van der Waals surface area (Å²) in [5.41, 5.74) is 5.89. The Bertz CT molecular complexity index is 789. The van der Waals surface area contributed by atoms with Crippen molar-refractivity contribution in [2.45, 2.75) is 33.9 Å². The first-order valence-electron chi connectivity index (χ1n) is 7.74. The van der Waals surface area contributed by atoms with Crippen LogP contribution in [0, 0.1) is 20.8 Å². The lowest BCUT2D eigenvalue weighted by molar-refractivity contribution is 0.301. The third-order valence-corrected chi connectivity index (χ3v) is 3.88. The van der Waals surface area contributed by atoms with E-state index in [4.69, 9.17) is 4.52 Å². The molecule has 0 fully saturated rings. The molecule has 0 saturated carbocycles. The van der Waals surface area contributed by atoms with Gasteiger partial charge in [0, 0.05) is 31.5 Å². The van der Waals surface area contributed by atoms with Gasteiger partial charge in [0.1, 0.15) is 5.76 Å². The predicted molar refractivity (Wildman–Crippen MR) is 89.4 cm³/mol. The molecule has 0 radical (unpaired) electrons. The zero-order valence-corrected chi connectivity index (χ0v) is 14.1. The molecule has 2 heterocycles. The Balaban J connectivity index is 1.87. The van der Waals surface area contributed by atoms with Crippen molar-refractivity contribution in [3.05, 3.63) is 64.8 Å². The first kappa shape index (κ1) is 15.5. The summed E-state index contributed by atoms with van der Waals surface area (Å²) < 4.78 is 7.08. The molecule has 0 aliphatic rings. The Kier molecular flexibility index (Phi) is 4.30. The molecular formula is C18H22N4O. The number of hydrogen-bond donors (Lipinski definition) is 0. The highest BCUT2D eigenvalue weighted by Gasteiger charge is 2.13. The van der Waals surface area contributed by atoms with Crippen LogP contribution < -0.4 is 0 Å². The van der Waals surface area contributed by atoms with Crippen molar-refractivity contribution in [3.8, 4) is 5.69 Å². The molecule has 0 bridgehead atoms. The maximum Gasteiger partial charge on any atom is 0.133 e. The lowest BCUT2D eigenvalue weighted by Crippen LogP contribution is -2.19. The van der Waals surface area contributed by atoms with Crippen LogP contribution in [-0.2, 0) is 13.1 Å². The highest BCUT2D eigenvalue weighted by atomic mass is 16.5. The summed E-state index contributed by atoms with van der Waals surface area (Å²) in [4.78, 5) is 2.24. The molecule has 1 aromatic carbocycles. The molecule has 5 heteroatoms. The number of nitrogens with zero attached hydrogens (tertiary/aromatic N) is 4. The van der Waals surface area contributed by atoms with Gasteiger partial charge in [-0.2, -0.15) is 5.10 Å². The molecule has 0 aliphatic heterocycles. The Hall–Kier alpha value is -2.40. The third-order valence-electron chi connectivity index (χ3n) is 3.88. The van der Waals surface area contributed by atoms with Gasteiger partial charge in [0.2, 0.25) is 0 Å². The van der Waals surface area contributed by atoms with E-state index < -0.39 is 0 Å². The van der Waals surface area contributed by atoms with Crippen molar-refractivity contribution >= 4 is 0 Å². The SMILES string of the molecule is Cc1cc(C)c(CN(C)Cc2cc(C)on2)c(-n2cccn2)c1. The van der Waals surface area contributed by atoms with Gasteiger partial charge < -0.3 is 4.52 Å². The van der Waals surface area contributed by atoms with Gasteiger partial charge in [-0.05, 0) is 56.6 Å². The van der Waals surface area contributed by atoms with Gasteiger partial charge in [0.25, 0.3) is 0 Å². The Labute approximate surface area is 136 Å². The van der Waals surface area contributed by atoms with Gasteiger partial charge in [-0.3, -0.25) is 4.90 Å². The second kappa shape index (κ2) is 6.38. The largest absolute Gasteiger partial charge is 0.361 e. The molecule has 120 valence electrons. The van der Waals surface area contributed by atoms with E-state index >= 15 is 0 Å². The first-order chi connectivity index (χ1) is 11.0. The quantitative estimate of drug-likeness (QED) is 0.724. The molecule has 0 aliphatic carbocycles. The van der Waals surface area contributed by atoms with Crippen LogP contribution in [0.4, 0.5) is 0 Å². The number of aromatic nitrogens is 3. The molecule has 3 rings (SSSR count). The minimum Gasteiger partial charge on any atom is -0.361 e. The van der Waals surface area contributed by atoms with Crippen molar-refractivity contribution in [3.63, 3.8) is 0 Å². The van der Waals surface area contributed by atoms with Gasteiger partial charge >= 0.3 is 0 Å². The fraction of sp³-hybridized carbons (Fsp3) is 0.333. The van der Waals surface area contributed by atoms with Crippen molar-refractivity contribution in [2.75, 3.05) is 7.05 Å². The molecule has 5 nitrogen and oxygen atoms in total. The van der Waals surface area contributed by atoms with Gasteiger partial charge in [0.15, 0.2) is 0 Å². The molecule has 2 aromatic heterocycles. The van der Waals surface area contributed by atoms with E-state index in [1.807, 2.05) is 36.1 Å². The topological polar surface area (TPSA) is 47.1 Å². The van der Waals surface area contributed by atoms with Crippen LogP contribution in [0.3, 0.4) is 0 Å². The molecule has 0 unspecified atom stereocenters. The van der Waals surface area contributed by atoms with E-state index in [0.29, 0.717) is 0 Å². The number of aryl methyl sites for hydroxylation is 3. The first-order valence-corrected chi connectivity index (χ1v) is 7.74. The van der Waals surface area contributed by atoms with Crippen LogP contribution in [0.25, 0.3) is 5.69 Å². The van der Waals surface area contributed by atoms with E-state index in [-0.39, 0.29) is 0 Å². The Morgan fingerprint density at radius 2 is 1.96 bits per heavy atom. The van der Waals surface area contributed by atoms with Crippen molar-refractivity contribution in [1.82, 2.24) is 19.8 Å². The standard InChI is InChI=1S/C18H22N4O/c1-13-8-14(2)17(18(9-13)22-7-5-6-19-22)12-21(4)11-16-10-15(3)23-20-16/h5-10H,11-12H2,1-4H3. The van der Waals surface area contributed by atoms with Crippen LogP contribution in [0.2, 0.25) is 0 Å². The molecule has 0 N–H and O–H groups in total. The number of hydrogen-bond acceptors (Lipinski definition) is 4. The predicted octanol–water partition coefficient (Wildman–Crippen LogP) is 3.42. The van der Waals surface area contributed by atoms with Crippen LogP contribution >= 0.6 is 0 Å². The second-order valence-electron chi connectivity index (χ2n) is 6.13. The van der Waals surface area contributed by atoms with Gasteiger partial charge in [-0.15, -0.1) is 0 Å². The average Bonchev–Trinajstić information content (AvgIpc) is 3.13. The molecule has 0 saturated heterocycles. The van der Waals surface area contributed by atoms with Crippen LogP contribution in [0.5, 0.6) is 0 Å². The van der Waals surface area contributed by atoms with Gasteiger partial charge in [-0.25, -0.2) is 4.68 Å². The number of benzene rings is 1. The lowest BCUT2D eigenvalue weighted by atomic mass is 10.0. The smallest absolute Gasteiger partial charge is 0.133 e.